The summed E-state index contributed by atoms with van der Waals surface area (Å²) in [4.78, 5) is 17.4. The smallest absolute Gasteiger partial charge is 0.261 e. The molecule has 0 atom stereocenters. The van der Waals surface area contributed by atoms with Gasteiger partial charge in [-0.15, -0.1) is 11.3 Å². The van der Waals surface area contributed by atoms with Gasteiger partial charge in [0.2, 0.25) is 0 Å². The first-order valence-corrected chi connectivity index (χ1v) is 8.70. The highest BCUT2D eigenvalue weighted by Crippen LogP contribution is 2.25. The third-order valence-electron chi connectivity index (χ3n) is 3.94. The molecular weight excluding hydrogens is 332 g/mol. The Hall–Kier alpha value is -2.99. The van der Waals surface area contributed by atoms with Gasteiger partial charge < -0.3 is 5.32 Å². The normalized spacial score (nSPS) is 10.9. The van der Waals surface area contributed by atoms with E-state index in [9.17, 15) is 4.79 Å². The molecule has 1 amide bonds. The SMILES string of the molecule is Cn1cc(-c2cncc(CNC(=O)c3cc4ccccc4s3)c2)cn1. The predicted octanol–water partition coefficient (Wildman–Crippen LogP) is 3.63. The highest BCUT2D eigenvalue weighted by atomic mass is 32.1. The maximum atomic E-state index is 12.4. The summed E-state index contributed by atoms with van der Waals surface area (Å²) in [5, 5.41) is 8.24. The van der Waals surface area contributed by atoms with Crippen LogP contribution in [0.2, 0.25) is 0 Å². The molecule has 4 aromatic rings. The average molecular weight is 348 g/mol. The largest absolute Gasteiger partial charge is 0.347 e. The molecule has 0 fully saturated rings. The Morgan fingerprint density at radius 2 is 2.04 bits per heavy atom. The third-order valence-corrected chi connectivity index (χ3v) is 5.05. The molecule has 3 heterocycles. The number of rotatable bonds is 4. The maximum absolute atomic E-state index is 12.4. The summed E-state index contributed by atoms with van der Waals surface area (Å²) in [6.45, 7) is 0.439. The minimum atomic E-state index is -0.0621. The molecule has 0 saturated carbocycles. The van der Waals surface area contributed by atoms with Gasteiger partial charge in [-0.3, -0.25) is 14.5 Å². The molecule has 124 valence electrons. The van der Waals surface area contributed by atoms with Crippen LogP contribution >= 0.6 is 11.3 Å². The molecule has 0 spiro atoms. The van der Waals surface area contributed by atoms with Crippen molar-refractivity contribution >= 4 is 27.3 Å². The van der Waals surface area contributed by atoms with E-state index in [0.717, 1.165) is 31.7 Å². The molecule has 4 rings (SSSR count). The van der Waals surface area contributed by atoms with E-state index in [1.54, 1.807) is 23.3 Å². The molecule has 0 saturated heterocycles. The molecular formula is C19H16N4OS. The van der Waals surface area contributed by atoms with Crippen LogP contribution in [0, 0.1) is 0 Å². The summed E-state index contributed by atoms with van der Waals surface area (Å²) in [7, 11) is 1.88. The van der Waals surface area contributed by atoms with Gasteiger partial charge in [-0.25, -0.2) is 0 Å². The Morgan fingerprint density at radius 1 is 1.16 bits per heavy atom. The van der Waals surface area contributed by atoms with Gasteiger partial charge in [0.05, 0.1) is 11.1 Å². The first-order valence-electron chi connectivity index (χ1n) is 7.89. The topological polar surface area (TPSA) is 59.8 Å². The van der Waals surface area contributed by atoms with E-state index in [1.807, 2.05) is 49.6 Å². The van der Waals surface area contributed by atoms with E-state index in [1.165, 1.54) is 11.3 Å². The molecule has 0 unspecified atom stereocenters. The molecule has 1 aromatic carbocycles. The van der Waals surface area contributed by atoms with Crippen LogP contribution in [0.4, 0.5) is 0 Å². The van der Waals surface area contributed by atoms with Crippen molar-refractivity contribution in [2.45, 2.75) is 6.54 Å². The quantitative estimate of drug-likeness (QED) is 0.613. The summed E-state index contributed by atoms with van der Waals surface area (Å²) in [5.74, 6) is -0.0621. The third kappa shape index (κ3) is 3.29. The average Bonchev–Trinajstić information content (AvgIpc) is 3.26. The van der Waals surface area contributed by atoms with Crippen LogP contribution in [-0.4, -0.2) is 20.7 Å². The Labute approximate surface area is 149 Å². The Balaban J connectivity index is 1.48. The second-order valence-corrected chi connectivity index (χ2v) is 6.90. The van der Waals surface area contributed by atoms with Gasteiger partial charge in [0.15, 0.2) is 0 Å². The number of fused-ring (bicyclic) bond motifs is 1. The van der Waals surface area contributed by atoms with E-state index in [-0.39, 0.29) is 5.91 Å². The lowest BCUT2D eigenvalue weighted by Crippen LogP contribution is -2.21. The second-order valence-electron chi connectivity index (χ2n) is 5.82. The fourth-order valence-electron chi connectivity index (χ4n) is 2.68. The molecule has 25 heavy (non-hydrogen) atoms. The number of hydrogen-bond acceptors (Lipinski definition) is 4. The van der Waals surface area contributed by atoms with E-state index in [2.05, 4.69) is 15.4 Å². The Morgan fingerprint density at radius 3 is 2.84 bits per heavy atom. The van der Waals surface area contributed by atoms with Crippen molar-refractivity contribution in [1.82, 2.24) is 20.1 Å². The number of carbonyl (C=O) groups is 1. The predicted molar refractivity (Wildman–Crippen MR) is 99.4 cm³/mol. The molecule has 0 aliphatic carbocycles. The van der Waals surface area contributed by atoms with Crippen LogP contribution in [0.5, 0.6) is 0 Å². The highest BCUT2D eigenvalue weighted by Gasteiger charge is 2.10. The van der Waals surface area contributed by atoms with Gasteiger partial charge in [0.1, 0.15) is 0 Å². The highest BCUT2D eigenvalue weighted by molar-refractivity contribution is 7.20. The van der Waals surface area contributed by atoms with Crippen molar-refractivity contribution in [1.29, 1.82) is 0 Å². The maximum Gasteiger partial charge on any atom is 0.261 e. The van der Waals surface area contributed by atoms with Gasteiger partial charge in [0.25, 0.3) is 5.91 Å². The summed E-state index contributed by atoms with van der Waals surface area (Å²) in [6.07, 6.45) is 7.31. The van der Waals surface area contributed by atoms with Crippen molar-refractivity contribution in [2.75, 3.05) is 0 Å². The van der Waals surface area contributed by atoms with Gasteiger partial charge in [-0.2, -0.15) is 5.10 Å². The second kappa shape index (κ2) is 6.49. The summed E-state index contributed by atoms with van der Waals surface area (Å²) in [6, 6.07) is 12.0. The summed E-state index contributed by atoms with van der Waals surface area (Å²) < 4.78 is 2.87. The van der Waals surface area contributed by atoms with Crippen LogP contribution in [0.15, 0.2) is 61.2 Å². The number of aryl methyl sites for hydroxylation is 1. The lowest BCUT2D eigenvalue weighted by molar-refractivity contribution is 0.0955. The Kier molecular flexibility index (Phi) is 4.03. The molecule has 0 aliphatic rings. The van der Waals surface area contributed by atoms with E-state index in [0.29, 0.717) is 6.54 Å². The minimum Gasteiger partial charge on any atom is -0.347 e. The Bertz CT molecular complexity index is 1020. The first-order chi connectivity index (χ1) is 12.2. The van der Waals surface area contributed by atoms with E-state index >= 15 is 0 Å². The van der Waals surface area contributed by atoms with Crippen LogP contribution in [0.3, 0.4) is 0 Å². The number of nitrogens with zero attached hydrogens (tertiary/aromatic N) is 3. The standard InChI is InChI=1S/C19H16N4OS/c1-23-12-16(11-22-23)15-6-13(8-20-10-15)9-21-19(24)18-7-14-4-2-3-5-17(14)25-18/h2-8,10-12H,9H2,1H3,(H,21,24). The molecule has 0 radical (unpaired) electrons. The fraction of sp³-hybridized carbons (Fsp3) is 0.105. The van der Waals surface area contributed by atoms with Crippen molar-refractivity contribution in [3.05, 3.63) is 71.6 Å². The number of carbonyl (C=O) groups excluding carboxylic acids is 1. The van der Waals surface area contributed by atoms with Crippen molar-refractivity contribution < 1.29 is 4.79 Å². The monoisotopic (exact) mass is 348 g/mol. The minimum absolute atomic E-state index is 0.0621. The molecule has 6 heteroatoms. The van der Waals surface area contributed by atoms with Crippen LogP contribution in [-0.2, 0) is 13.6 Å². The number of benzene rings is 1. The number of aromatic nitrogens is 3. The van der Waals surface area contributed by atoms with E-state index in [4.69, 9.17) is 0 Å². The van der Waals surface area contributed by atoms with Gasteiger partial charge in [-0.05, 0) is 29.1 Å². The molecule has 0 bridgehead atoms. The molecule has 0 aliphatic heterocycles. The number of thiophene rings is 1. The number of pyridine rings is 1. The van der Waals surface area contributed by atoms with Gasteiger partial charge in [-0.1, -0.05) is 18.2 Å². The lowest BCUT2D eigenvalue weighted by atomic mass is 10.1. The van der Waals surface area contributed by atoms with Gasteiger partial charge >= 0.3 is 0 Å². The zero-order chi connectivity index (χ0) is 17.2. The van der Waals surface area contributed by atoms with Crippen LogP contribution in [0.25, 0.3) is 21.2 Å². The zero-order valence-electron chi connectivity index (χ0n) is 13.6. The van der Waals surface area contributed by atoms with Crippen molar-refractivity contribution in [2.24, 2.45) is 7.05 Å². The first kappa shape index (κ1) is 15.5. The number of amides is 1. The molecule has 1 N–H and O–H groups in total. The molecule has 5 nitrogen and oxygen atoms in total. The van der Waals surface area contributed by atoms with Gasteiger partial charge in [0, 0.05) is 48.0 Å². The van der Waals surface area contributed by atoms with E-state index < -0.39 is 0 Å². The lowest BCUT2D eigenvalue weighted by Gasteiger charge is -2.05. The number of nitrogens with one attached hydrogen (secondary N) is 1. The molecule has 3 aromatic heterocycles. The number of hydrogen-bond donors (Lipinski definition) is 1. The summed E-state index contributed by atoms with van der Waals surface area (Å²) >= 11 is 1.50. The summed E-state index contributed by atoms with van der Waals surface area (Å²) in [5.41, 5.74) is 2.95. The van der Waals surface area contributed by atoms with Crippen LogP contribution < -0.4 is 5.32 Å². The van der Waals surface area contributed by atoms with Crippen molar-refractivity contribution in [3.63, 3.8) is 0 Å². The fourth-order valence-corrected chi connectivity index (χ4v) is 3.65. The zero-order valence-corrected chi connectivity index (χ0v) is 14.5. The van der Waals surface area contributed by atoms with Crippen molar-refractivity contribution in [3.8, 4) is 11.1 Å². The van der Waals surface area contributed by atoms with Crippen LogP contribution in [0.1, 0.15) is 15.2 Å².